The molecular weight excluding hydrogens is 424 g/mol. The van der Waals surface area contributed by atoms with Crippen LogP contribution in [-0.4, -0.2) is 50.8 Å². The zero-order valence-corrected chi connectivity index (χ0v) is 19.4. The molecule has 0 bridgehead atoms. The second-order valence-electron chi connectivity index (χ2n) is 7.48. The van der Waals surface area contributed by atoms with E-state index in [4.69, 9.17) is 9.47 Å². The van der Waals surface area contributed by atoms with Crippen molar-refractivity contribution in [3.05, 3.63) is 58.7 Å². The molecule has 0 heterocycles. The maximum absolute atomic E-state index is 12.3. The molecule has 0 atom stereocenters. The predicted molar refractivity (Wildman–Crippen MR) is 126 cm³/mol. The van der Waals surface area contributed by atoms with E-state index in [1.54, 1.807) is 31.4 Å². The summed E-state index contributed by atoms with van der Waals surface area (Å²) in [6, 6.07) is 10.8. The molecule has 0 saturated carbocycles. The number of hydrazone groups is 1. The minimum atomic E-state index is -0.853. The Kier molecular flexibility index (Phi) is 10.0. The van der Waals surface area contributed by atoms with Crippen LogP contribution in [0, 0.1) is 20.8 Å². The van der Waals surface area contributed by atoms with Crippen LogP contribution in [0.2, 0.25) is 0 Å². The molecule has 0 saturated heterocycles. The van der Waals surface area contributed by atoms with Crippen molar-refractivity contribution in [2.45, 2.75) is 27.2 Å². The fourth-order valence-electron chi connectivity index (χ4n) is 3.07. The van der Waals surface area contributed by atoms with Gasteiger partial charge in [-0.2, -0.15) is 5.10 Å². The number of carbonyl (C=O) groups excluding carboxylic acids is 3. The van der Waals surface area contributed by atoms with E-state index in [0.29, 0.717) is 30.9 Å². The Morgan fingerprint density at radius 3 is 2.30 bits per heavy atom. The Labute approximate surface area is 193 Å². The molecule has 0 radical (unpaired) electrons. The van der Waals surface area contributed by atoms with E-state index in [9.17, 15) is 14.4 Å². The lowest BCUT2D eigenvalue weighted by molar-refractivity contribution is -0.139. The van der Waals surface area contributed by atoms with Crippen molar-refractivity contribution in [2.75, 3.05) is 32.2 Å². The lowest BCUT2D eigenvalue weighted by Crippen LogP contribution is -2.38. The van der Waals surface area contributed by atoms with Gasteiger partial charge < -0.3 is 20.1 Å². The molecule has 2 aromatic rings. The van der Waals surface area contributed by atoms with Gasteiger partial charge in [-0.15, -0.1) is 0 Å². The highest BCUT2D eigenvalue weighted by molar-refractivity contribution is 6.35. The highest BCUT2D eigenvalue weighted by Crippen LogP contribution is 2.22. The van der Waals surface area contributed by atoms with Crippen molar-refractivity contribution in [3.63, 3.8) is 0 Å². The molecule has 3 amide bonds. The highest BCUT2D eigenvalue weighted by atomic mass is 16.5. The molecule has 176 valence electrons. The summed E-state index contributed by atoms with van der Waals surface area (Å²) in [5.41, 5.74) is 6.78. The third-order valence-corrected chi connectivity index (χ3v) is 4.59. The average Bonchev–Trinajstić information content (AvgIpc) is 2.78. The molecule has 0 unspecified atom stereocenters. The Balaban J connectivity index is 1.78. The van der Waals surface area contributed by atoms with E-state index in [-0.39, 0.29) is 12.5 Å². The predicted octanol–water partition coefficient (Wildman–Crippen LogP) is 2.23. The van der Waals surface area contributed by atoms with Gasteiger partial charge in [0.15, 0.2) is 6.61 Å². The third kappa shape index (κ3) is 8.74. The summed E-state index contributed by atoms with van der Waals surface area (Å²) >= 11 is 0. The number of nitrogens with one attached hydrogen (secondary N) is 3. The van der Waals surface area contributed by atoms with Crippen molar-refractivity contribution in [2.24, 2.45) is 5.10 Å². The smallest absolute Gasteiger partial charge is 0.329 e. The van der Waals surface area contributed by atoms with E-state index in [1.807, 2.05) is 32.9 Å². The van der Waals surface area contributed by atoms with Gasteiger partial charge in [0.25, 0.3) is 5.91 Å². The van der Waals surface area contributed by atoms with Crippen LogP contribution in [0.15, 0.2) is 41.5 Å². The first-order valence-corrected chi connectivity index (χ1v) is 10.5. The van der Waals surface area contributed by atoms with Crippen molar-refractivity contribution < 1.29 is 23.9 Å². The summed E-state index contributed by atoms with van der Waals surface area (Å²) in [7, 11) is 1.56. The Hall–Kier alpha value is -3.72. The summed E-state index contributed by atoms with van der Waals surface area (Å²) in [6.07, 6.45) is 2.01. The summed E-state index contributed by atoms with van der Waals surface area (Å²) in [6.45, 7) is 6.63. The average molecular weight is 455 g/mol. The van der Waals surface area contributed by atoms with E-state index in [2.05, 4.69) is 21.2 Å². The first-order valence-electron chi connectivity index (χ1n) is 10.5. The first-order chi connectivity index (χ1) is 15.8. The Morgan fingerprint density at radius 2 is 1.67 bits per heavy atom. The van der Waals surface area contributed by atoms with Gasteiger partial charge in [0, 0.05) is 25.9 Å². The van der Waals surface area contributed by atoms with Crippen LogP contribution in [0.1, 0.15) is 28.7 Å². The van der Waals surface area contributed by atoms with Gasteiger partial charge in [-0.1, -0.05) is 17.7 Å². The van der Waals surface area contributed by atoms with Gasteiger partial charge in [-0.25, -0.2) is 5.43 Å². The number of hydrogen-bond acceptors (Lipinski definition) is 6. The summed E-state index contributed by atoms with van der Waals surface area (Å²) in [4.78, 5) is 35.5. The van der Waals surface area contributed by atoms with Crippen LogP contribution >= 0.6 is 0 Å². The number of carbonyl (C=O) groups is 3. The molecule has 3 N–H and O–H groups in total. The number of rotatable bonds is 10. The van der Waals surface area contributed by atoms with E-state index in [0.717, 1.165) is 22.4 Å². The number of hydrogen-bond donors (Lipinski definition) is 3. The molecule has 0 aromatic heterocycles. The minimum Gasteiger partial charge on any atom is -0.484 e. The molecular formula is C24H30N4O5. The highest BCUT2D eigenvalue weighted by Gasteiger charge is 2.11. The zero-order chi connectivity index (χ0) is 24.2. The molecule has 9 heteroatoms. The molecule has 0 spiro atoms. The summed E-state index contributed by atoms with van der Waals surface area (Å²) in [5, 5.41) is 9.12. The SMILES string of the molecule is COCCCNC(=O)C(=O)N/N=C\c1ccc(OCC(=O)Nc2c(C)cc(C)cc2C)cc1. The number of benzene rings is 2. The molecule has 9 nitrogen and oxygen atoms in total. The largest absolute Gasteiger partial charge is 0.484 e. The van der Waals surface area contributed by atoms with Crippen molar-refractivity contribution in [3.8, 4) is 5.75 Å². The molecule has 0 fully saturated rings. The summed E-state index contributed by atoms with van der Waals surface area (Å²) < 4.78 is 10.4. The fraction of sp³-hybridized carbons (Fsp3) is 0.333. The van der Waals surface area contributed by atoms with Crippen LogP contribution in [0.4, 0.5) is 5.69 Å². The van der Waals surface area contributed by atoms with Gasteiger partial charge in [0.2, 0.25) is 0 Å². The van der Waals surface area contributed by atoms with Gasteiger partial charge in [-0.3, -0.25) is 14.4 Å². The Bertz CT molecular complexity index is 979. The van der Waals surface area contributed by atoms with Crippen LogP contribution in [-0.2, 0) is 19.1 Å². The molecule has 2 aromatic carbocycles. The normalized spacial score (nSPS) is 10.7. The first kappa shape index (κ1) is 25.5. The molecule has 33 heavy (non-hydrogen) atoms. The molecule has 0 aliphatic heterocycles. The van der Waals surface area contributed by atoms with E-state index < -0.39 is 11.8 Å². The van der Waals surface area contributed by atoms with Crippen molar-refractivity contribution >= 4 is 29.6 Å². The monoisotopic (exact) mass is 454 g/mol. The topological polar surface area (TPSA) is 118 Å². The maximum Gasteiger partial charge on any atom is 0.329 e. The zero-order valence-electron chi connectivity index (χ0n) is 19.4. The van der Waals surface area contributed by atoms with Crippen molar-refractivity contribution in [1.29, 1.82) is 0 Å². The van der Waals surface area contributed by atoms with Gasteiger partial charge in [0.1, 0.15) is 5.75 Å². The Morgan fingerprint density at radius 1 is 1.00 bits per heavy atom. The molecule has 0 aliphatic carbocycles. The molecule has 2 rings (SSSR count). The van der Waals surface area contributed by atoms with Crippen LogP contribution in [0.3, 0.4) is 0 Å². The number of nitrogens with zero attached hydrogens (tertiary/aromatic N) is 1. The number of ether oxygens (including phenoxy) is 2. The van der Waals surface area contributed by atoms with Gasteiger partial charge >= 0.3 is 11.8 Å². The standard InChI is InChI=1S/C24H30N4O5/c1-16-12-17(2)22(18(3)13-16)27-21(29)15-33-20-8-6-19(7-9-20)14-26-28-24(31)23(30)25-10-5-11-32-4/h6-9,12-14H,5,10-11,15H2,1-4H3,(H,25,30)(H,27,29)(H,28,31)/b26-14-. The number of anilines is 1. The van der Waals surface area contributed by atoms with Crippen molar-refractivity contribution in [1.82, 2.24) is 10.7 Å². The van der Waals surface area contributed by atoms with Gasteiger partial charge in [-0.05, 0) is 68.1 Å². The quantitative estimate of drug-likeness (QED) is 0.220. The van der Waals surface area contributed by atoms with Crippen LogP contribution in [0.25, 0.3) is 0 Å². The van der Waals surface area contributed by atoms with E-state index >= 15 is 0 Å². The third-order valence-electron chi connectivity index (χ3n) is 4.59. The second-order valence-corrected chi connectivity index (χ2v) is 7.48. The number of aryl methyl sites for hydroxylation is 3. The van der Waals surface area contributed by atoms with E-state index in [1.165, 1.54) is 6.21 Å². The summed E-state index contributed by atoms with van der Waals surface area (Å²) in [5.74, 6) is -1.35. The minimum absolute atomic E-state index is 0.129. The van der Waals surface area contributed by atoms with Crippen LogP contribution < -0.4 is 20.8 Å². The lowest BCUT2D eigenvalue weighted by Gasteiger charge is -2.13. The molecule has 0 aliphatic rings. The maximum atomic E-state index is 12.3. The lowest BCUT2D eigenvalue weighted by atomic mass is 10.1. The van der Waals surface area contributed by atoms with Gasteiger partial charge in [0.05, 0.1) is 6.21 Å². The van der Waals surface area contributed by atoms with Crippen LogP contribution in [0.5, 0.6) is 5.75 Å². The number of methoxy groups -OCH3 is 1. The second kappa shape index (κ2) is 13.0. The number of amides is 3. The fourth-order valence-corrected chi connectivity index (χ4v) is 3.07.